The van der Waals surface area contributed by atoms with Gasteiger partial charge in [-0.25, -0.2) is 0 Å². The topological polar surface area (TPSA) is 56.7 Å². The summed E-state index contributed by atoms with van der Waals surface area (Å²) in [4.78, 5) is 8.69. The summed E-state index contributed by atoms with van der Waals surface area (Å²) in [6, 6.07) is 13.0. The van der Waals surface area contributed by atoms with Crippen LogP contribution in [-0.4, -0.2) is 19.7 Å². The molecule has 0 aliphatic heterocycles. The van der Waals surface area contributed by atoms with Crippen LogP contribution < -0.4 is 0 Å². The van der Waals surface area contributed by atoms with Crippen molar-refractivity contribution in [3.63, 3.8) is 0 Å². The SMILES string of the molecule is Cc1cccc(C)c1-n1ncnc1-c1[c-]ccc2ocnc12.[Ir]. The molecule has 6 heteroatoms. The fourth-order valence-corrected chi connectivity index (χ4v) is 2.72. The molecule has 0 fully saturated rings. The molecular weight excluding hydrogens is 468 g/mol. The first kappa shape index (κ1) is 15.6. The number of hydrogen-bond acceptors (Lipinski definition) is 4. The predicted molar refractivity (Wildman–Crippen MR) is 82.7 cm³/mol. The number of fused-ring (bicyclic) bond motifs is 1. The maximum Gasteiger partial charge on any atom is 0.170 e. The molecule has 5 nitrogen and oxygen atoms in total. The van der Waals surface area contributed by atoms with E-state index in [1.807, 2.05) is 22.9 Å². The predicted octanol–water partition coefficient (Wildman–Crippen LogP) is 3.49. The van der Waals surface area contributed by atoms with Crippen molar-refractivity contribution < 1.29 is 24.5 Å². The van der Waals surface area contributed by atoms with E-state index in [2.05, 4.69) is 47.1 Å². The molecule has 0 aliphatic rings. The van der Waals surface area contributed by atoms with Gasteiger partial charge >= 0.3 is 0 Å². The van der Waals surface area contributed by atoms with Crippen molar-refractivity contribution in [3.8, 4) is 17.1 Å². The average molecular weight is 482 g/mol. The van der Waals surface area contributed by atoms with Gasteiger partial charge in [0.15, 0.2) is 6.39 Å². The molecular formula is C17H13IrN4O-. The van der Waals surface area contributed by atoms with Gasteiger partial charge in [-0.05, 0) is 25.0 Å². The molecule has 2 aromatic heterocycles. The first-order chi connectivity index (χ1) is 10.8. The Morgan fingerprint density at radius 1 is 1.09 bits per heavy atom. The van der Waals surface area contributed by atoms with Gasteiger partial charge < -0.3 is 4.42 Å². The maximum atomic E-state index is 5.36. The number of rotatable bonds is 2. The summed E-state index contributed by atoms with van der Waals surface area (Å²) in [7, 11) is 0. The van der Waals surface area contributed by atoms with Crippen LogP contribution >= 0.6 is 0 Å². The summed E-state index contributed by atoms with van der Waals surface area (Å²) in [5, 5.41) is 4.40. The minimum atomic E-state index is 0. The summed E-state index contributed by atoms with van der Waals surface area (Å²) in [6.45, 7) is 4.13. The van der Waals surface area contributed by atoms with Crippen LogP contribution in [0.3, 0.4) is 0 Å². The molecule has 0 N–H and O–H groups in total. The van der Waals surface area contributed by atoms with E-state index in [-0.39, 0.29) is 20.1 Å². The summed E-state index contributed by atoms with van der Waals surface area (Å²) in [6.07, 6.45) is 2.98. The minimum absolute atomic E-state index is 0. The number of oxazole rings is 1. The molecule has 117 valence electrons. The van der Waals surface area contributed by atoms with E-state index < -0.39 is 0 Å². The Bertz CT molecular complexity index is 953. The first-order valence-electron chi connectivity index (χ1n) is 6.96. The molecule has 0 atom stereocenters. The standard InChI is InChI=1S/C17H13N4O.Ir/c1-11-5-3-6-12(2)16(11)21-17(18-9-20-21)13-7-4-8-14-15(13)19-10-22-14;/h3-6,8-10H,1-2H3;/q-1;. The van der Waals surface area contributed by atoms with Crippen molar-refractivity contribution in [3.05, 3.63) is 60.2 Å². The normalized spacial score (nSPS) is 10.7. The maximum absolute atomic E-state index is 5.36. The van der Waals surface area contributed by atoms with Crippen LogP contribution in [0.1, 0.15) is 11.1 Å². The molecule has 4 aromatic rings. The Morgan fingerprint density at radius 2 is 1.87 bits per heavy atom. The number of hydrogen-bond donors (Lipinski definition) is 0. The number of nitrogens with zero attached hydrogens (tertiary/aromatic N) is 4. The molecule has 0 amide bonds. The molecule has 23 heavy (non-hydrogen) atoms. The van der Waals surface area contributed by atoms with E-state index in [0.29, 0.717) is 11.4 Å². The third-order valence-electron chi connectivity index (χ3n) is 3.72. The molecule has 0 saturated heterocycles. The van der Waals surface area contributed by atoms with Gasteiger partial charge in [0, 0.05) is 25.6 Å². The Morgan fingerprint density at radius 3 is 2.65 bits per heavy atom. The van der Waals surface area contributed by atoms with Crippen molar-refractivity contribution in [1.29, 1.82) is 0 Å². The fourth-order valence-electron chi connectivity index (χ4n) is 2.72. The number of para-hydroxylation sites is 1. The Labute approximate surface area is 146 Å². The smallest absolute Gasteiger partial charge is 0.170 e. The molecule has 0 unspecified atom stereocenters. The van der Waals surface area contributed by atoms with E-state index in [4.69, 9.17) is 4.42 Å². The van der Waals surface area contributed by atoms with Crippen LogP contribution in [0.5, 0.6) is 0 Å². The average Bonchev–Trinajstić information content (AvgIpc) is 3.15. The number of benzene rings is 2. The number of aryl methyl sites for hydroxylation is 2. The van der Waals surface area contributed by atoms with Gasteiger partial charge in [-0.2, -0.15) is 5.10 Å². The Kier molecular flexibility index (Phi) is 4.11. The third kappa shape index (κ3) is 2.50. The molecule has 4 rings (SSSR count). The quantitative estimate of drug-likeness (QED) is 0.412. The van der Waals surface area contributed by atoms with Crippen molar-refractivity contribution in [2.24, 2.45) is 0 Å². The van der Waals surface area contributed by atoms with Crippen LogP contribution in [0.2, 0.25) is 0 Å². The first-order valence-corrected chi connectivity index (χ1v) is 6.96. The molecule has 0 aliphatic carbocycles. The molecule has 2 heterocycles. The van der Waals surface area contributed by atoms with Gasteiger partial charge in [-0.1, -0.05) is 29.8 Å². The van der Waals surface area contributed by atoms with Crippen LogP contribution in [0, 0.1) is 19.9 Å². The van der Waals surface area contributed by atoms with Gasteiger partial charge in [0.2, 0.25) is 0 Å². The summed E-state index contributed by atoms with van der Waals surface area (Å²) in [5.74, 6) is 0.705. The van der Waals surface area contributed by atoms with Crippen molar-refractivity contribution in [2.75, 3.05) is 0 Å². The van der Waals surface area contributed by atoms with Gasteiger partial charge in [0.25, 0.3) is 0 Å². The zero-order valence-corrected chi connectivity index (χ0v) is 15.0. The van der Waals surface area contributed by atoms with E-state index in [1.165, 1.54) is 6.39 Å². The van der Waals surface area contributed by atoms with Crippen molar-refractivity contribution in [1.82, 2.24) is 19.7 Å². The second-order valence-electron chi connectivity index (χ2n) is 5.15. The molecule has 0 bridgehead atoms. The summed E-state index contributed by atoms with van der Waals surface area (Å²) < 4.78 is 7.20. The Balaban J connectivity index is 0.00000156. The summed E-state index contributed by atoms with van der Waals surface area (Å²) >= 11 is 0. The molecule has 2 aromatic carbocycles. The zero-order chi connectivity index (χ0) is 15.1. The van der Waals surface area contributed by atoms with Gasteiger partial charge in [-0.3, -0.25) is 14.6 Å². The third-order valence-corrected chi connectivity index (χ3v) is 3.72. The van der Waals surface area contributed by atoms with Crippen LogP contribution in [-0.2, 0) is 20.1 Å². The van der Waals surface area contributed by atoms with E-state index in [9.17, 15) is 0 Å². The minimum Gasteiger partial charge on any atom is -0.464 e. The second-order valence-corrected chi connectivity index (χ2v) is 5.15. The monoisotopic (exact) mass is 482 g/mol. The van der Waals surface area contributed by atoms with Gasteiger partial charge in [0.1, 0.15) is 6.33 Å². The van der Waals surface area contributed by atoms with Gasteiger partial charge in [0.05, 0.1) is 17.1 Å². The van der Waals surface area contributed by atoms with Crippen molar-refractivity contribution in [2.45, 2.75) is 13.8 Å². The van der Waals surface area contributed by atoms with E-state index >= 15 is 0 Å². The zero-order valence-electron chi connectivity index (χ0n) is 12.6. The molecule has 0 saturated carbocycles. The summed E-state index contributed by atoms with van der Waals surface area (Å²) in [5.41, 5.74) is 5.54. The van der Waals surface area contributed by atoms with E-state index in [0.717, 1.165) is 27.9 Å². The van der Waals surface area contributed by atoms with Crippen LogP contribution in [0.4, 0.5) is 0 Å². The van der Waals surface area contributed by atoms with Crippen molar-refractivity contribution >= 4 is 11.1 Å². The largest absolute Gasteiger partial charge is 0.464 e. The Hall–Kier alpha value is -2.30. The van der Waals surface area contributed by atoms with E-state index in [1.54, 1.807) is 6.33 Å². The molecule has 0 spiro atoms. The second kappa shape index (κ2) is 6.07. The molecule has 1 radical (unpaired) electrons. The number of aromatic nitrogens is 4. The fraction of sp³-hybridized carbons (Fsp3) is 0.118. The van der Waals surface area contributed by atoms with Crippen LogP contribution in [0.15, 0.2) is 47.5 Å². The van der Waals surface area contributed by atoms with Crippen LogP contribution in [0.25, 0.3) is 28.2 Å². The van der Waals surface area contributed by atoms with Gasteiger partial charge in [-0.15, -0.1) is 12.1 Å².